The van der Waals surface area contributed by atoms with Crippen molar-refractivity contribution in [3.05, 3.63) is 83.4 Å². The van der Waals surface area contributed by atoms with E-state index in [0.29, 0.717) is 10.6 Å². The molecule has 29 heavy (non-hydrogen) atoms. The summed E-state index contributed by atoms with van der Waals surface area (Å²) >= 11 is 7.25. The quantitative estimate of drug-likeness (QED) is 0.353. The van der Waals surface area contributed by atoms with Crippen LogP contribution in [0.15, 0.2) is 77.7 Å². The molecule has 6 heteroatoms. The highest BCUT2D eigenvalue weighted by molar-refractivity contribution is 7.99. The first kappa shape index (κ1) is 21.0. The maximum absolute atomic E-state index is 12.6. The molecule has 3 rings (SSSR count). The minimum absolute atomic E-state index is 0.0687. The fourth-order valence-electron chi connectivity index (χ4n) is 2.79. The van der Waals surface area contributed by atoms with Gasteiger partial charge in [0.1, 0.15) is 5.75 Å². The Bertz CT molecular complexity index is 983. The van der Waals surface area contributed by atoms with Gasteiger partial charge in [-0.2, -0.15) is 0 Å². The summed E-state index contributed by atoms with van der Waals surface area (Å²) in [6.45, 7) is 0. The van der Waals surface area contributed by atoms with E-state index in [-0.39, 0.29) is 23.7 Å². The zero-order chi connectivity index (χ0) is 20.8. The summed E-state index contributed by atoms with van der Waals surface area (Å²) in [5, 5.41) is 19.5. The lowest BCUT2D eigenvalue weighted by atomic mass is 9.97. The SMILES string of the molecule is O=C(C[C@H](CSc1ccc(O)cc1)C(=O)O)c1ccc(-c2ccc(Cl)cc2)cc1. The zero-order valence-electron chi connectivity index (χ0n) is 15.4. The Morgan fingerprint density at radius 2 is 1.41 bits per heavy atom. The van der Waals surface area contributed by atoms with Crippen molar-refractivity contribution < 1.29 is 19.8 Å². The number of phenols is 1. The number of benzene rings is 3. The monoisotopic (exact) mass is 426 g/mol. The number of aliphatic carboxylic acids is 1. The first-order valence-corrected chi connectivity index (χ1v) is 10.3. The molecule has 0 aliphatic rings. The molecule has 2 N–H and O–H groups in total. The van der Waals surface area contributed by atoms with Crippen molar-refractivity contribution in [2.75, 3.05) is 5.75 Å². The largest absolute Gasteiger partial charge is 0.508 e. The van der Waals surface area contributed by atoms with Gasteiger partial charge in [-0.15, -0.1) is 11.8 Å². The predicted molar refractivity (Wildman–Crippen MR) is 116 cm³/mol. The average molecular weight is 427 g/mol. The minimum atomic E-state index is -0.998. The van der Waals surface area contributed by atoms with E-state index in [0.717, 1.165) is 16.0 Å². The van der Waals surface area contributed by atoms with Crippen LogP contribution in [0.5, 0.6) is 5.75 Å². The number of hydrogen-bond donors (Lipinski definition) is 2. The van der Waals surface area contributed by atoms with Crippen LogP contribution in [0.1, 0.15) is 16.8 Å². The molecule has 148 valence electrons. The van der Waals surface area contributed by atoms with Gasteiger partial charge in [0.05, 0.1) is 5.92 Å². The number of halogens is 1. The number of Topliss-reactive ketones (excluding diaryl/α,β-unsaturated/α-hetero) is 1. The second-order valence-electron chi connectivity index (χ2n) is 6.55. The number of carbonyl (C=O) groups excluding carboxylic acids is 1. The van der Waals surface area contributed by atoms with Crippen molar-refractivity contribution in [3.63, 3.8) is 0 Å². The maximum Gasteiger partial charge on any atom is 0.307 e. The molecule has 0 fully saturated rings. The van der Waals surface area contributed by atoms with Crippen molar-refractivity contribution >= 4 is 35.1 Å². The second kappa shape index (κ2) is 9.63. The van der Waals surface area contributed by atoms with Crippen LogP contribution in [0, 0.1) is 5.92 Å². The lowest BCUT2D eigenvalue weighted by molar-refractivity contribution is -0.140. The topological polar surface area (TPSA) is 74.6 Å². The van der Waals surface area contributed by atoms with Crippen molar-refractivity contribution in [1.82, 2.24) is 0 Å². The molecule has 0 aromatic heterocycles. The summed E-state index contributed by atoms with van der Waals surface area (Å²) in [5.41, 5.74) is 2.43. The number of aromatic hydroxyl groups is 1. The van der Waals surface area contributed by atoms with Crippen LogP contribution >= 0.6 is 23.4 Å². The van der Waals surface area contributed by atoms with Crippen molar-refractivity contribution in [3.8, 4) is 16.9 Å². The summed E-state index contributed by atoms with van der Waals surface area (Å²) in [4.78, 5) is 25.0. The van der Waals surface area contributed by atoms with Crippen LogP contribution in [0.25, 0.3) is 11.1 Å². The van der Waals surface area contributed by atoms with Gasteiger partial charge in [0.2, 0.25) is 0 Å². The molecule has 0 heterocycles. The van der Waals surface area contributed by atoms with E-state index in [9.17, 15) is 19.8 Å². The number of ketones is 1. The van der Waals surface area contributed by atoms with Gasteiger partial charge in [0.15, 0.2) is 5.78 Å². The number of carboxylic acids is 1. The first-order valence-electron chi connectivity index (χ1n) is 8.96. The Balaban J connectivity index is 1.63. The van der Waals surface area contributed by atoms with Crippen LogP contribution in [0.2, 0.25) is 5.02 Å². The predicted octanol–water partition coefficient (Wildman–Crippen LogP) is 5.78. The van der Waals surface area contributed by atoms with E-state index < -0.39 is 11.9 Å². The lowest BCUT2D eigenvalue weighted by Crippen LogP contribution is -2.20. The van der Waals surface area contributed by atoms with Crippen LogP contribution in [-0.4, -0.2) is 27.7 Å². The number of rotatable bonds is 8. The Labute approximate surface area is 178 Å². The molecule has 1 atom stereocenters. The zero-order valence-corrected chi connectivity index (χ0v) is 17.0. The van der Waals surface area contributed by atoms with Gasteiger partial charge in [0, 0.05) is 27.7 Å². The molecular formula is C23H19ClO4S. The molecular weight excluding hydrogens is 408 g/mol. The third-order valence-electron chi connectivity index (χ3n) is 4.45. The van der Waals surface area contributed by atoms with Crippen LogP contribution < -0.4 is 0 Å². The molecule has 0 unspecified atom stereocenters. The van der Waals surface area contributed by atoms with E-state index in [2.05, 4.69) is 0 Å². The van der Waals surface area contributed by atoms with Crippen molar-refractivity contribution in [1.29, 1.82) is 0 Å². The standard InChI is InChI=1S/C23H19ClO4S/c24-19-7-5-16(6-8-19)15-1-3-17(4-2-15)22(26)13-18(23(27)28)14-29-21-11-9-20(25)10-12-21/h1-12,18,25H,13-14H2,(H,27,28)/t18-/m1/s1. The summed E-state index contributed by atoms with van der Waals surface area (Å²) in [7, 11) is 0. The van der Waals surface area contributed by atoms with E-state index in [1.807, 2.05) is 24.3 Å². The smallest absolute Gasteiger partial charge is 0.307 e. The van der Waals surface area contributed by atoms with E-state index in [1.54, 1.807) is 48.5 Å². The van der Waals surface area contributed by atoms with Crippen LogP contribution in [0.4, 0.5) is 0 Å². The molecule has 3 aromatic rings. The number of carbonyl (C=O) groups is 2. The van der Waals surface area contributed by atoms with E-state index in [4.69, 9.17) is 11.6 Å². The van der Waals surface area contributed by atoms with E-state index >= 15 is 0 Å². The first-order chi connectivity index (χ1) is 13.9. The highest BCUT2D eigenvalue weighted by Crippen LogP contribution is 2.26. The Morgan fingerprint density at radius 1 is 0.862 bits per heavy atom. The van der Waals surface area contributed by atoms with Gasteiger partial charge < -0.3 is 10.2 Å². The lowest BCUT2D eigenvalue weighted by Gasteiger charge is -2.12. The van der Waals surface area contributed by atoms with Gasteiger partial charge in [0.25, 0.3) is 0 Å². The highest BCUT2D eigenvalue weighted by atomic mass is 35.5. The van der Waals surface area contributed by atoms with Gasteiger partial charge in [-0.25, -0.2) is 0 Å². The Morgan fingerprint density at radius 3 is 1.97 bits per heavy atom. The molecule has 0 saturated heterocycles. The molecule has 0 aliphatic heterocycles. The maximum atomic E-state index is 12.6. The number of carboxylic acid groups (broad SMARTS) is 1. The van der Waals surface area contributed by atoms with Crippen molar-refractivity contribution in [2.24, 2.45) is 5.92 Å². The Kier molecular flexibility index (Phi) is 6.96. The molecule has 0 radical (unpaired) electrons. The summed E-state index contributed by atoms with van der Waals surface area (Å²) in [5.74, 6) is -1.57. The highest BCUT2D eigenvalue weighted by Gasteiger charge is 2.22. The molecule has 0 spiro atoms. The second-order valence-corrected chi connectivity index (χ2v) is 8.08. The van der Waals surface area contributed by atoms with Crippen LogP contribution in [0.3, 0.4) is 0 Å². The Hall–Kier alpha value is -2.76. The van der Waals surface area contributed by atoms with E-state index in [1.165, 1.54) is 11.8 Å². The molecule has 0 bridgehead atoms. The average Bonchev–Trinajstić information content (AvgIpc) is 2.72. The van der Waals surface area contributed by atoms with Gasteiger partial charge in [-0.1, -0.05) is 48.0 Å². The number of thioether (sulfide) groups is 1. The molecule has 0 saturated carbocycles. The molecule has 0 amide bonds. The normalized spacial score (nSPS) is 11.8. The van der Waals surface area contributed by atoms with Crippen molar-refractivity contribution in [2.45, 2.75) is 11.3 Å². The third-order valence-corrected chi connectivity index (χ3v) is 5.88. The van der Waals surface area contributed by atoms with Gasteiger partial charge in [-0.3, -0.25) is 9.59 Å². The summed E-state index contributed by atoms with van der Waals surface area (Å²) < 4.78 is 0. The molecule has 4 nitrogen and oxygen atoms in total. The fraction of sp³-hybridized carbons (Fsp3) is 0.130. The number of hydrogen-bond acceptors (Lipinski definition) is 4. The molecule has 3 aromatic carbocycles. The summed E-state index contributed by atoms with van der Waals surface area (Å²) in [6.07, 6.45) is -0.0687. The van der Waals surface area contributed by atoms with Gasteiger partial charge in [-0.05, 0) is 47.5 Å². The van der Waals surface area contributed by atoms with Crippen LogP contribution in [-0.2, 0) is 4.79 Å². The summed E-state index contributed by atoms with van der Waals surface area (Å²) in [6, 6.07) is 21.1. The third kappa shape index (κ3) is 5.86. The number of phenolic OH excluding ortho intramolecular Hbond substituents is 1. The molecule has 0 aliphatic carbocycles. The minimum Gasteiger partial charge on any atom is -0.508 e. The fourth-order valence-corrected chi connectivity index (χ4v) is 3.90. The van der Waals surface area contributed by atoms with Gasteiger partial charge >= 0.3 is 5.97 Å².